The van der Waals surface area contributed by atoms with Crippen LogP contribution >= 0.6 is 0 Å². The van der Waals surface area contributed by atoms with Crippen LogP contribution in [0.1, 0.15) is 57.0 Å². The molecular weight excluding hydrogens is 380 g/mol. The van der Waals surface area contributed by atoms with Gasteiger partial charge < -0.3 is 10.1 Å². The second-order valence-corrected chi connectivity index (χ2v) is 11.2. The van der Waals surface area contributed by atoms with E-state index in [0.29, 0.717) is 5.56 Å². The molecule has 0 fully saturated rings. The van der Waals surface area contributed by atoms with E-state index in [1.165, 1.54) is 26.2 Å². The Kier molecular flexibility index (Phi) is 7.41. The fourth-order valence-corrected chi connectivity index (χ4v) is 4.11. The van der Waals surface area contributed by atoms with Crippen molar-refractivity contribution in [3.63, 3.8) is 0 Å². The zero-order chi connectivity index (χ0) is 21.9. The Hall–Kier alpha value is -1.93. The molecule has 28 heavy (non-hydrogen) atoms. The molecular formula is C20H32N2O5S. The van der Waals surface area contributed by atoms with Crippen molar-refractivity contribution in [1.82, 2.24) is 9.62 Å². The first kappa shape index (κ1) is 24.1. The maximum Gasteiger partial charge on any atom is 0.338 e. The minimum absolute atomic E-state index is 0.00851. The Morgan fingerprint density at radius 2 is 1.68 bits per heavy atom. The highest BCUT2D eigenvalue weighted by Gasteiger charge is 2.27. The van der Waals surface area contributed by atoms with Crippen LogP contribution in [0, 0.1) is 12.3 Å². The van der Waals surface area contributed by atoms with E-state index in [2.05, 4.69) is 26.1 Å². The van der Waals surface area contributed by atoms with Gasteiger partial charge in [0.05, 0.1) is 10.5 Å². The molecule has 1 aromatic rings. The fraction of sp³-hybridized carbons (Fsp3) is 0.600. The molecule has 0 radical (unpaired) electrons. The Labute approximate surface area is 168 Å². The smallest absolute Gasteiger partial charge is 0.338 e. The lowest BCUT2D eigenvalue weighted by Crippen LogP contribution is -2.47. The van der Waals surface area contributed by atoms with Gasteiger partial charge in [0.25, 0.3) is 5.91 Å². The van der Waals surface area contributed by atoms with Crippen molar-refractivity contribution in [1.29, 1.82) is 0 Å². The van der Waals surface area contributed by atoms with Gasteiger partial charge in [0.1, 0.15) is 0 Å². The molecule has 1 amide bonds. The van der Waals surface area contributed by atoms with Gasteiger partial charge in [-0.25, -0.2) is 17.5 Å². The number of carbonyl (C=O) groups is 2. The van der Waals surface area contributed by atoms with Crippen molar-refractivity contribution in [3.05, 3.63) is 29.3 Å². The van der Waals surface area contributed by atoms with Crippen molar-refractivity contribution in [2.24, 2.45) is 5.41 Å². The lowest BCUT2D eigenvalue weighted by molar-refractivity contribution is -0.126. The Balaban J connectivity index is 2.85. The molecule has 0 saturated carbocycles. The first-order valence-corrected chi connectivity index (χ1v) is 10.5. The number of sulfonamides is 1. The second kappa shape index (κ2) is 8.61. The third kappa shape index (κ3) is 6.91. The summed E-state index contributed by atoms with van der Waals surface area (Å²) in [4.78, 5) is 24.6. The van der Waals surface area contributed by atoms with Crippen molar-refractivity contribution >= 4 is 21.9 Å². The summed E-state index contributed by atoms with van der Waals surface area (Å²) in [6.45, 7) is 11.3. The van der Waals surface area contributed by atoms with Crippen LogP contribution < -0.4 is 5.32 Å². The first-order chi connectivity index (χ1) is 12.5. The molecule has 0 unspecified atom stereocenters. The zero-order valence-electron chi connectivity index (χ0n) is 18.0. The van der Waals surface area contributed by atoms with Crippen LogP contribution in [0.2, 0.25) is 0 Å². The predicted octanol–water partition coefficient (Wildman–Crippen LogP) is 2.73. The summed E-state index contributed by atoms with van der Waals surface area (Å²) in [5.41, 5.74) is 0.265. The van der Waals surface area contributed by atoms with Gasteiger partial charge in [0, 0.05) is 19.6 Å². The Morgan fingerprint density at radius 1 is 1.11 bits per heavy atom. The molecule has 7 nitrogen and oxygen atoms in total. The number of nitrogens with one attached hydrogen (secondary N) is 1. The number of esters is 1. The minimum atomic E-state index is -3.68. The summed E-state index contributed by atoms with van der Waals surface area (Å²) >= 11 is 0. The summed E-state index contributed by atoms with van der Waals surface area (Å²) in [6.07, 6.45) is 0.753. The van der Waals surface area contributed by atoms with Crippen LogP contribution in [0.15, 0.2) is 23.1 Å². The largest absolute Gasteiger partial charge is 0.452 e. The van der Waals surface area contributed by atoms with Crippen LogP contribution in [-0.4, -0.2) is 50.8 Å². The standard InChI is InChI=1S/C20H32N2O5S/c1-14-9-10-15(28(25,26)22(7)8)11-16(14)18(24)27-12-17(23)21-20(5,6)13-19(2,3)4/h9-11H,12-13H2,1-8H3,(H,21,23). The van der Waals surface area contributed by atoms with Gasteiger partial charge in [-0.15, -0.1) is 0 Å². The molecule has 158 valence electrons. The van der Waals surface area contributed by atoms with Crippen LogP contribution in [0.5, 0.6) is 0 Å². The number of hydrogen-bond donors (Lipinski definition) is 1. The van der Waals surface area contributed by atoms with E-state index in [1.807, 2.05) is 13.8 Å². The van der Waals surface area contributed by atoms with Gasteiger partial charge in [-0.1, -0.05) is 26.8 Å². The number of hydrogen-bond acceptors (Lipinski definition) is 5. The van der Waals surface area contributed by atoms with Crippen LogP contribution in [0.3, 0.4) is 0 Å². The summed E-state index contributed by atoms with van der Waals surface area (Å²) < 4.78 is 30.7. The topological polar surface area (TPSA) is 92.8 Å². The van der Waals surface area contributed by atoms with Gasteiger partial charge in [-0.2, -0.15) is 0 Å². The first-order valence-electron chi connectivity index (χ1n) is 9.06. The summed E-state index contributed by atoms with van der Waals surface area (Å²) in [5, 5.41) is 2.87. The third-order valence-corrected chi connectivity index (χ3v) is 5.80. The summed E-state index contributed by atoms with van der Waals surface area (Å²) in [7, 11) is -0.849. The highest BCUT2D eigenvalue weighted by atomic mass is 32.2. The lowest BCUT2D eigenvalue weighted by atomic mass is 9.82. The number of aryl methyl sites for hydroxylation is 1. The highest BCUT2D eigenvalue weighted by Crippen LogP contribution is 2.26. The number of nitrogens with zero attached hydrogens (tertiary/aromatic N) is 1. The van der Waals surface area contributed by atoms with Crippen molar-refractivity contribution in [3.8, 4) is 0 Å². The lowest BCUT2D eigenvalue weighted by Gasteiger charge is -2.33. The molecule has 0 bridgehead atoms. The van der Waals surface area contributed by atoms with E-state index in [0.717, 1.165) is 10.7 Å². The van der Waals surface area contributed by atoms with E-state index in [1.54, 1.807) is 13.0 Å². The molecule has 0 aliphatic rings. The molecule has 0 heterocycles. The van der Waals surface area contributed by atoms with Gasteiger partial charge in [0.15, 0.2) is 6.61 Å². The number of rotatable bonds is 7. The molecule has 0 aliphatic carbocycles. The van der Waals surface area contributed by atoms with Gasteiger partial charge in [0.2, 0.25) is 10.0 Å². The van der Waals surface area contributed by atoms with Crippen LogP contribution in [0.25, 0.3) is 0 Å². The maximum atomic E-state index is 12.4. The molecule has 1 aromatic carbocycles. The monoisotopic (exact) mass is 412 g/mol. The van der Waals surface area contributed by atoms with Crippen LogP contribution in [0.4, 0.5) is 0 Å². The summed E-state index contributed by atoms with van der Waals surface area (Å²) in [6, 6.07) is 4.25. The molecule has 0 spiro atoms. The number of amides is 1. The SMILES string of the molecule is Cc1ccc(S(=O)(=O)N(C)C)cc1C(=O)OCC(=O)NC(C)(C)CC(C)(C)C. The molecule has 1 rings (SSSR count). The Morgan fingerprint density at radius 3 is 2.18 bits per heavy atom. The van der Waals surface area contributed by atoms with E-state index >= 15 is 0 Å². The average Bonchev–Trinajstić information content (AvgIpc) is 2.49. The average molecular weight is 413 g/mol. The quantitative estimate of drug-likeness (QED) is 0.695. The zero-order valence-corrected chi connectivity index (χ0v) is 18.9. The van der Waals surface area contributed by atoms with Crippen molar-refractivity contribution in [2.45, 2.75) is 58.4 Å². The van der Waals surface area contributed by atoms with E-state index in [-0.39, 0.29) is 15.9 Å². The van der Waals surface area contributed by atoms with Crippen LogP contribution in [-0.2, 0) is 19.6 Å². The molecule has 0 saturated heterocycles. The van der Waals surface area contributed by atoms with Crippen molar-refractivity contribution in [2.75, 3.05) is 20.7 Å². The minimum Gasteiger partial charge on any atom is -0.452 e. The molecule has 0 atom stereocenters. The maximum absolute atomic E-state index is 12.4. The highest BCUT2D eigenvalue weighted by molar-refractivity contribution is 7.89. The second-order valence-electron chi connectivity index (χ2n) is 9.01. The molecule has 1 N–H and O–H groups in total. The third-order valence-electron chi connectivity index (χ3n) is 3.99. The number of ether oxygens (including phenoxy) is 1. The molecule has 8 heteroatoms. The molecule has 0 aromatic heterocycles. The van der Waals surface area contributed by atoms with Gasteiger partial charge in [-0.3, -0.25) is 4.79 Å². The van der Waals surface area contributed by atoms with Gasteiger partial charge in [-0.05, 0) is 50.3 Å². The van der Waals surface area contributed by atoms with E-state index in [4.69, 9.17) is 4.74 Å². The number of benzene rings is 1. The predicted molar refractivity (Wildman–Crippen MR) is 109 cm³/mol. The van der Waals surface area contributed by atoms with Gasteiger partial charge >= 0.3 is 5.97 Å². The van der Waals surface area contributed by atoms with Crippen molar-refractivity contribution < 1.29 is 22.7 Å². The molecule has 0 aliphatic heterocycles. The normalized spacial score (nSPS) is 12.8. The fourth-order valence-electron chi connectivity index (χ4n) is 3.18. The summed E-state index contributed by atoms with van der Waals surface area (Å²) in [5.74, 6) is -1.14. The Bertz CT molecular complexity index is 837. The van der Waals surface area contributed by atoms with E-state index < -0.39 is 34.0 Å². The number of carbonyl (C=O) groups excluding carboxylic acids is 2. The van der Waals surface area contributed by atoms with E-state index in [9.17, 15) is 18.0 Å².